The molecule has 0 atom stereocenters. The minimum atomic E-state index is -0.436. The molecule has 3 aromatic rings. The van der Waals surface area contributed by atoms with Crippen molar-refractivity contribution in [1.82, 2.24) is 9.66 Å². The Morgan fingerprint density at radius 2 is 2.07 bits per heavy atom. The normalized spacial score (nSPS) is 11.1. The SMILES string of the molecule is COc1cccc(C=Nn2cc(C)nc2N)c1OCc1c(F)cccc1Cl. The molecule has 0 spiro atoms. The van der Waals surface area contributed by atoms with Crippen LogP contribution in [0, 0.1) is 12.7 Å². The van der Waals surface area contributed by atoms with E-state index in [9.17, 15) is 4.39 Å². The van der Waals surface area contributed by atoms with E-state index in [4.69, 9.17) is 26.8 Å². The maximum atomic E-state index is 14.0. The van der Waals surface area contributed by atoms with Gasteiger partial charge in [0.15, 0.2) is 11.5 Å². The molecular weight excluding hydrogens is 371 g/mol. The highest BCUT2D eigenvalue weighted by atomic mass is 35.5. The molecule has 0 fully saturated rings. The summed E-state index contributed by atoms with van der Waals surface area (Å²) in [6, 6.07) is 9.82. The van der Waals surface area contributed by atoms with Crippen LogP contribution in [0.5, 0.6) is 11.5 Å². The van der Waals surface area contributed by atoms with Crippen LogP contribution < -0.4 is 15.2 Å². The number of hydrogen-bond acceptors (Lipinski definition) is 5. The van der Waals surface area contributed by atoms with Crippen molar-refractivity contribution in [2.24, 2.45) is 5.10 Å². The predicted octanol–water partition coefficient (Wildman–Crippen LogP) is 4.04. The molecule has 0 radical (unpaired) electrons. The maximum absolute atomic E-state index is 14.0. The molecule has 0 bridgehead atoms. The van der Waals surface area contributed by atoms with Gasteiger partial charge < -0.3 is 15.2 Å². The Morgan fingerprint density at radius 3 is 2.74 bits per heavy atom. The molecule has 2 aromatic carbocycles. The first-order valence-electron chi connectivity index (χ1n) is 8.08. The number of para-hydroxylation sites is 1. The number of hydrogen-bond donors (Lipinski definition) is 1. The summed E-state index contributed by atoms with van der Waals surface area (Å²) >= 11 is 6.07. The number of halogens is 2. The first-order chi connectivity index (χ1) is 13.0. The van der Waals surface area contributed by atoms with E-state index >= 15 is 0 Å². The second-order valence-electron chi connectivity index (χ2n) is 5.70. The molecule has 8 heteroatoms. The lowest BCUT2D eigenvalue weighted by atomic mass is 10.2. The van der Waals surface area contributed by atoms with Gasteiger partial charge in [0.2, 0.25) is 5.95 Å². The van der Waals surface area contributed by atoms with Gasteiger partial charge in [-0.2, -0.15) is 5.10 Å². The molecule has 2 N–H and O–H groups in total. The third-order valence-corrected chi connectivity index (χ3v) is 4.16. The predicted molar refractivity (Wildman–Crippen MR) is 103 cm³/mol. The lowest BCUT2D eigenvalue weighted by Crippen LogP contribution is -2.04. The Morgan fingerprint density at radius 1 is 1.30 bits per heavy atom. The maximum Gasteiger partial charge on any atom is 0.221 e. The summed E-state index contributed by atoms with van der Waals surface area (Å²) < 4.78 is 26.6. The quantitative estimate of drug-likeness (QED) is 0.647. The molecule has 0 aliphatic rings. The van der Waals surface area contributed by atoms with Gasteiger partial charge in [0.1, 0.15) is 12.4 Å². The highest BCUT2D eigenvalue weighted by Crippen LogP contribution is 2.32. The Kier molecular flexibility index (Phi) is 5.61. The third-order valence-electron chi connectivity index (χ3n) is 3.81. The van der Waals surface area contributed by atoms with Gasteiger partial charge in [0.05, 0.1) is 30.2 Å². The van der Waals surface area contributed by atoms with Crippen molar-refractivity contribution in [3.63, 3.8) is 0 Å². The fraction of sp³-hybridized carbons (Fsp3) is 0.158. The summed E-state index contributed by atoms with van der Waals surface area (Å²) in [7, 11) is 1.52. The Bertz CT molecular complexity index is 968. The zero-order valence-corrected chi connectivity index (χ0v) is 15.6. The summed E-state index contributed by atoms with van der Waals surface area (Å²) in [5, 5.41) is 4.58. The van der Waals surface area contributed by atoms with Gasteiger partial charge in [-0.15, -0.1) is 0 Å². The largest absolute Gasteiger partial charge is 0.493 e. The molecule has 140 valence electrons. The van der Waals surface area contributed by atoms with Gasteiger partial charge in [-0.3, -0.25) is 0 Å². The van der Waals surface area contributed by atoms with Crippen molar-refractivity contribution in [3.8, 4) is 11.5 Å². The first kappa shape index (κ1) is 18.7. The molecule has 0 saturated heterocycles. The highest BCUT2D eigenvalue weighted by molar-refractivity contribution is 6.31. The fourth-order valence-electron chi connectivity index (χ4n) is 2.49. The van der Waals surface area contributed by atoms with E-state index in [2.05, 4.69) is 10.1 Å². The number of aryl methyl sites for hydroxylation is 1. The van der Waals surface area contributed by atoms with Crippen LogP contribution in [-0.2, 0) is 6.61 Å². The summed E-state index contributed by atoms with van der Waals surface area (Å²) in [6.07, 6.45) is 3.27. The van der Waals surface area contributed by atoms with Crippen molar-refractivity contribution in [2.45, 2.75) is 13.5 Å². The van der Waals surface area contributed by atoms with E-state index in [1.807, 2.05) is 6.92 Å². The van der Waals surface area contributed by atoms with E-state index in [-0.39, 0.29) is 18.1 Å². The Hall–Kier alpha value is -3.06. The van der Waals surface area contributed by atoms with Crippen molar-refractivity contribution < 1.29 is 13.9 Å². The van der Waals surface area contributed by atoms with Crippen LogP contribution in [0.15, 0.2) is 47.7 Å². The standard InChI is InChI=1S/C19H18ClFN4O2/c1-12-10-25(19(22)24-12)23-9-13-5-3-8-17(26-2)18(13)27-11-14-15(20)6-4-7-16(14)21/h3-10H,11H2,1-2H3,(H2,22,24). The van der Waals surface area contributed by atoms with E-state index in [0.29, 0.717) is 22.1 Å². The number of nitrogens with zero attached hydrogens (tertiary/aromatic N) is 3. The van der Waals surface area contributed by atoms with E-state index < -0.39 is 5.82 Å². The second-order valence-corrected chi connectivity index (χ2v) is 6.10. The van der Waals surface area contributed by atoms with Crippen LogP contribution in [0.1, 0.15) is 16.8 Å². The minimum Gasteiger partial charge on any atom is -0.493 e. The lowest BCUT2D eigenvalue weighted by Gasteiger charge is -2.14. The number of nitrogens with two attached hydrogens (primary N) is 1. The van der Waals surface area contributed by atoms with Gasteiger partial charge >= 0.3 is 0 Å². The van der Waals surface area contributed by atoms with Gasteiger partial charge in [-0.05, 0) is 31.2 Å². The van der Waals surface area contributed by atoms with Crippen LogP contribution in [0.2, 0.25) is 5.02 Å². The van der Waals surface area contributed by atoms with Gasteiger partial charge in [-0.1, -0.05) is 23.7 Å². The number of rotatable bonds is 6. The molecule has 1 heterocycles. The van der Waals surface area contributed by atoms with Gasteiger partial charge in [0.25, 0.3) is 0 Å². The highest BCUT2D eigenvalue weighted by Gasteiger charge is 2.13. The van der Waals surface area contributed by atoms with Crippen LogP contribution >= 0.6 is 11.6 Å². The van der Waals surface area contributed by atoms with Gasteiger partial charge in [-0.25, -0.2) is 14.1 Å². The monoisotopic (exact) mass is 388 g/mol. The average Bonchev–Trinajstić information content (AvgIpc) is 2.97. The smallest absolute Gasteiger partial charge is 0.221 e. The molecule has 0 amide bonds. The molecular formula is C19H18ClFN4O2. The first-order valence-corrected chi connectivity index (χ1v) is 8.46. The Balaban J connectivity index is 1.91. The van der Waals surface area contributed by atoms with Crippen LogP contribution in [0.3, 0.4) is 0 Å². The molecule has 27 heavy (non-hydrogen) atoms. The van der Waals surface area contributed by atoms with E-state index in [0.717, 1.165) is 5.69 Å². The van der Waals surface area contributed by atoms with Gasteiger partial charge in [0, 0.05) is 11.1 Å². The van der Waals surface area contributed by atoms with Crippen molar-refractivity contribution in [3.05, 3.63) is 70.3 Å². The van der Waals surface area contributed by atoms with E-state index in [1.54, 1.807) is 42.7 Å². The molecule has 0 unspecified atom stereocenters. The number of anilines is 1. The molecule has 1 aromatic heterocycles. The fourth-order valence-corrected chi connectivity index (χ4v) is 2.70. The zero-order chi connectivity index (χ0) is 19.4. The third kappa shape index (κ3) is 4.20. The summed E-state index contributed by atoms with van der Waals surface area (Å²) in [5.41, 5.74) is 7.44. The van der Waals surface area contributed by atoms with Crippen LogP contribution in [0.4, 0.5) is 10.3 Å². The number of nitrogen functional groups attached to an aromatic ring is 1. The summed E-state index contributed by atoms with van der Waals surface area (Å²) in [5.74, 6) is 0.737. The van der Waals surface area contributed by atoms with Crippen molar-refractivity contribution >= 4 is 23.8 Å². The number of imidazole rings is 1. The molecule has 6 nitrogen and oxygen atoms in total. The molecule has 0 aliphatic carbocycles. The minimum absolute atomic E-state index is 0.0565. The molecule has 0 saturated carbocycles. The lowest BCUT2D eigenvalue weighted by molar-refractivity contribution is 0.279. The second kappa shape index (κ2) is 8.09. The van der Waals surface area contributed by atoms with E-state index in [1.165, 1.54) is 17.9 Å². The number of methoxy groups -OCH3 is 1. The van der Waals surface area contributed by atoms with Crippen LogP contribution in [0.25, 0.3) is 0 Å². The molecule has 3 rings (SSSR count). The number of benzene rings is 2. The Labute approximate surface area is 161 Å². The number of ether oxygens (including phenoxy) is 2. The van der Waals surface area contributed by atoms with Crippen LogP contribution in [-0.4, -0.2) is 23.0 Å². The topological polar surface area (TPSA) is 74.7 Å². The van der Waals surface area contributed by atoms with Crippen molar-refractivity contribution in [2.75, 3.05) is 12.8 Å². The summed E-state index contributed by atoms with van der Waals surface area (Å²) in [4.78, 5) is 4.09. The zero-order valence-electron chi connectivity index (χ0n) is 14.8. The molecule has 0 aliphatic heterocycles. The average molecular weight is 389 g/mol. The number of aromatic nitrogens is 2. The summed E-state index contributed by atoms with van der Waals surface area (Å²) in [6.45, 7) is 1.76. The van der Waals surface area contributed by atoms with Crippen molar-refractivity contribution in [1.29, 1.82) is 0 Å².